The number of nitrogens with one attached hydrogen (secondary N) is 2. The standard InChI is InChI=1S/C23H20FN3O4S2/c1-31-20-11-8-16(14-19(20)27-33(29,30)17-9-6-15(24)7-10-17)25-22(28)12-13-23-26-18-4-2-3-5-21(18)32-23/h2-11,14,27H,12-13H2,1H3,(H,25,28). The number of hydrogen-bond acceptors (Lipinski definition) is 6. The molecule has 3 aromatic carbocycles. The molecule has 0 saturated heterocycles. The maximum absolute atomic E-state index is 13.1. The van der Waals surface area contributed by atoms with Crippen LogP contribution < -0.4 is 14.8 Å². The summed E-state index contributed by atoms with van der Waals surface area (Å²) in [5.74, 6) is -0.498. The average molecular weight is 486 g/mol. The summed E-state index contributed by atoms with van der Waals surface area (Å²) in [4.78, 5) is 16.9. The van der Waals surface area contributed by atoms with E-state index >= 15 is 0 Å². The Labute approximate surface area is 194 Å². The number of anilines is 2. The molecule has 1 amide bonds. The molecule has 0 fully saturated rings. The van der Waals surface area contributed by atoms with Crippen molar-refractivity contribution in [2.75, 3.05) is 17.1 Å². The lowest BCUT2D eigenvalue weighted by atomic mass is 10.2. The van der Waals surface area contributed by atoms with Gasteiger partial charge in [-0.3, -0.25) is 9.52 Å². The maximum Gasteiger partial charge on any atom is 0.262 e. The summed E-state index contributed by atoms with van der Waals surface area (Å²) in [5.41, 5.74) is 1.46. The van der Waals surface area contributed by atoms with Gasteiger partial charge in [-0.15, -0.1) is 11.3 Å². The molecule has 0 aliphatic rings. The smallest absolute Gasteiger partial charge is 0.262 e. The highest BCUT2D eigenvalue weighted by Crippen LogP contribution is 2.30. The first-order chi connectivity index (χ1) is 15.8. The number of aromatic nitrogens is 1. The van der Waals surface area contributed by atoms with Crippen molar-refractivity contribution < 1.29 is 22.3 Å². The number of rotatable bonds is 8. The molecule has 0 bridgehead atoms. The molecule has 2 N–H and O–H groups in total. The van der Waals surface area contributed by atoms with Gasteiger partial charge in [0, 0.05) is 18.5 Å². The van der Waals surface area contributed by atoms with E-state index < -0.39 is 15.8 Å². The lowest BCUT2D eigenvalue weighted by Crippen LogP contribution is -2.15. The van der Waals surface area contributed by atoms with E-state index in [1.165, 1.54) is 13.2 Å². The minimum atomic E-state index is -3.98. The number of aryl methyl sites for hydroxylation is 1. The van der Waals surface area contributed by atoms with E-state index in [0.29, 0.717) is 12.1 Å². The molecule has 170 valence electrons. The Bertz CT molecular complexity index is 1370. The number of hydrogen-bond donors (Lipinski definition) is 2. The van der Waals surface area contributed by atoms with Gasteiger partial charge in [-0.25, -0.2) is 17.8 Å². The van der Waals surface area contributed by atoms with Crippen LogP contribution in [0.2, 0.25) is 0 Å². The lowest BCUT2D eigenvalue weighted by molar-refractivity contribution is -0.116. The molecule has 33 heavy (non-hydrogen) atoms. The number of para-hydroxylation sites is 1. The van der Waals surface area contributed by atoms with E-state index in [1.807, 2.05) is 24.3 Å². The highest BCUT2D eigenvalue weighted by Gasteiger charge is 2.18. The summed E-state index contributed by atoms with van der Waals surface area (Å²) in [6, 6.07) is 16.9. The third-order valence-electron chi connectivity index (χ3n) is 4.76. The summed E-state index contributed by atoms with van der Waals surface area (Å²) in [6.45, 7) is 0. The minimum absolute atomic E-state index is 0.101. The van der Waals surface area contributed by atoms with Crippen molar-refractivity contribution in [1.82, 2.24) is 4.98 Å². The predicted molar refractivity (Wildman–Crippen MR) is 127 cm³/mol. The second-order valence-electron chi connectivity index (χ2n) is 7.10. The van der Waals surface area contributed by atoms with Gasteiger partial charge in [-0.1, -0.05) is 12.1 Å². The molecule has 4 rings (SSSR count). The molecule has 1 heterocycles. The van der Waals surface area contributed by atoms with Crippen molar-refractivity contribution in [3.8, 4) is 5.75 Å². The van der Waals surface area contributed by atoms with Crippen LogP contribution in [0.4, 0.5) is 15.8 Å². The molecular formula is C23H20FN3O4S2. The fourth-order valence-electron chi connectivity index (χ4n) is 3.15. The number of nitrogens with zero attached hydrogens (tertiary/aromatic N) is 1. The highest BCUT2D eigenvalue weighted by atomic mass is 32.2. The van der Waals surface area contributed by atoms with Crippen molar-refractivity contribution in [3.05, 3.63) is 77.6 Å². The number of sulfonamides is 1. The fraction of sp³-hybridized carbons (Fsp3) is 0.130. The van der Waals surface area contributed by atoms with Gasteiger partial charge in [0.1, 0.15) is 11.6 Å². The van der Waals surface area contributed by atoms with Crippen LogP contribution in [0.1, 0.15) is 11.4 Å². The van der Waals surface area contributed by atoms with Gasteiger partial charge in [-0.05, 0) is 54.6 Å². The predicted octanol–water partition coefficient (Wildman–Crippen LogP) is 4.82. The van der Waals surface area contributed by atoms with Gasteiger partial charge < -0.3 is 10.1 Å². The van der Waals surface area contributed by atoms with Crippen LogP contribution in [-0.2, 0) is 21.2 Å². The normalized spacial score (nSPS) is 11.3. The fourth-order valence-corrected chi connectivity index (χ4v) is 5.18. The Morgan fingerprint density at radius 2 is 1.85 bits per heavy atom. The Morgan fingerprint density at radius 1 is 1.09 bits per heavy atom. The summed E-state index contributed by atoms with van der Waals surface area (Å²) in [5, 5.41) is 3.64. The second-order valence-corrected chi connectivity index (χ2v) is 9.90. The quantitative estimate of drug-likeness (QED) is 0.373. The largest absolute Gasteiger partial charge is 0.495 e. The number of amides is 1. The molecule has 0 spiro atoms. The number of benzene rings is 3. The van der Waals surface area contributed by atoms with Crippen LogP contribution in [0.25, 0.3) is 10.2 Å². The van der Waals surface area contributed by atoms with Gasteiger partial charge in [-0.2, -0.15) is 0 Å². The third-order valence-corrected chi connectivity index (χ3v) is 7.23. The minimum Gasteiger partial charge on any atom is -0.495 e. The molecule has 0 radical (unpaired) electrons. The van der Waals surface area contributed by atoms with Gasteiger partial charge >= 0.3 is 0 Å². The van der Waals surface area contributed by atoms with Gasteiger partial charge in [0.15, 0.2) is 0 Å². The molecule has 0 atom stereocenters. The van der Waals surface area contributed by atoms with Crippen molar-refractivity contribution in [2.24, 2.45) is 0 Å². The third kappa shape index (κ3) is 5.47. The summed E-state index contributed by atoms with van der Waals surface area (Å²) >= 11 is 1.55. The van der Waals surface area contributed by atoms with Crippen LogP contribution in [0.3, 0.4) is 0 Å². The van der Waals surface area contributed by atoms with Crippen LogP contribution in [0.15, 0.2) is 71.6 Å². The van der Waals surface area contributed by atoms with E-state index in [2.05, 4.69) is 15.0 Å². The zero-order valence-corrected chi connectivity index (χ0v) is 19.2. The molecule has 0 aliphatic heterocycles. The SMILES string of the molecule is COc1ccc(NC(=O)CCc2nc3ccccc3s2)cc1NS(=O)(=O)c1ccc(F)cc1. The van der Waals surface area contributed by atoms with Crippen LogP contribution >= 0.6 is 11.3 Å². The summed E-state index contributed by atoms with van der Waals surface area (Å²) in [6.07, 6.45) is 0.716. The highest BCUT2D eigenvalue weighted by molar-refractivity contribution is 7.92. The maximum atomic E-state index is 13.1. The number of carbonyl (C=O) groups is 1. The second kappa shape index (κ2) is 9.55. The van der Waals surface area contributed by atoms with Crippen molar-refractivity contribution in [3.63, 3.8) is 0 Å². The number of methoxy groups -OCH3 is 1. The van der Waals surface area contributed by atoms with Crippen molar-refractivity contribution in [2.45, 2.75) is 17.7 Å². The van der Waals surface area contributed by atoms with Crippen molar-refractivity contribution >= 4 is 48.9 Å². The number of ether oxygens (including phenoxy) is 1. The molecule has 1 aromatic heterocycles. The first kappa shape index (κ1) is 22.7. The molecule has 0 unspecified atom stereocenters. The zero-order valence-electron chi connectivity index (χ0n) is 17.5. The van der Waals surface area contributed by atoms with Gasteiger partial charge in [0.2, 0.25) is 5.91 Å². The summed E-state index contributed by atoms with van der Waals surface area (Å²) < 4.78 is 47.2. The number of fused-ring (bicyclic) bond motifs is 1. The zero-order chi connectivity index (χ0) is 23.4. The van der Waals surface area contributed by atoms with E-state index in [-0.39, 0.29) is 28.7 Å². The summed E-state index contributed by atoms with van der Waals surface area (Å²) in [7, 11) is -2.58. The first-order valence-electron chi connectivity index (χ1n) is 9.95. The van der Waals surface area contributed by atoms with E-state index in [1.54, 1.807) is 23.5 Å². The molecule has 4 aromatic rings. The Kier molecular flexibility index (Phi) is 6.57. The van der Waals surface area contributed by atoms with Crippen LogP contribution in [0.5, 0.6) is 5.75 Å². The van der Waals surface area contributed by atoms with Crippen molar-refractivity contribution in [1.29, 1.82) is 0 Å². The Morgan fingerprint density at radius 3 is 2.58 bits per heavy atom. The van der Waals surface area contributed by atoms with E-state index in [9.17, 15) is 17.6 Å². The average Bonchev–Trinajstić information content (AvgIpc) is 3.21. The molecule has 0 saturated carbocycles. The Balaban J connectivity index is 1.45. The van der Waals surface area contributed by atoms with Gasteiger partial charge in [0.25, 0.3) is 10.0 Å². The Hall–Kier alpha value is -3.50. The number of carbonyl (C=O) groups excluding carboxylic acids is 1. The topological polar surface area (TPSA) is 97.4 Å². The number of halogens is 1. The molecule has 7 nitrogen and oxygen atoms in total. The van der Waals surface area contributed by atoms with Gasteiger partial charge in [0.05, 0.1) is 32.9 Å². The lowest BCUT2D eigenvalue weighted by Gasteiger charge is -2.14. The molecule has 10 heteroatoms. The molecular weight excluding hydrogens is 465 g/mol. The number of thiazole rings is 1. The first-order valence-corrected chi connectivity index (χ1v) is 12.2. The van der Waals surface area contributed by atoms with Crippen LogP contribution in [0, 0.1) is 5.82 Å². The monoisotopic (exact) mass is 485 g/mol. The van der Waals surface area contributed by atoms with E-state index in [4.69, 9.17) is 4.74 Å². The van der Waals surface area contributed by atoms with Crippen LogP contribution in [-0.4, -0.2) is 26.4 Å². The molecule has 0 aliphatic carbocycles. The van der Waals surface area contributed by atoms with E-state index in [0.717, 1.165) is 39.5 Å².